The summed E-state index contributed by atoms with van der Waals surface area (Å²) < 4.78 is 4.83. The van der Waals surface area contributed by atoms with Crippen molar-refractivity contribution in [2.24, 2.45) is 5.92 Å². The van der Waals surface area contributed by atoms with Gasteiger partial charge in [0, 0.05) is 11.8 Å². The molecule has 0 spiro atoms. The van der Waals surface area contributed by atoms with Gasteiger partial charge in [0.25, 0.3) is 0 Å². The van der Waals surface area contributed by atoms with E-state index in [1.165, 1.54) is 18.4 Å². The molecule has 1 aliphatic rings. The van der Waals surface area contributed by atoms with E-state index in [-0.39, 0.29) is 11.3 Å². The van der Waals surface area contributed by atoms with Gasteiger partial charge in [0.1, 0.15) is 4.88 Å². The maximum absolute atomic E-state index is 12.2. The zero-order valence-corrected chi connectivity index (χ0v) is 15.7. The van der Waals surface area contributed by atoms with E-state index in [4.69, 9.17) is 4.74 Å². The zero-order chi connectivity index (χ0) is 17.7. The Labute approximate surface area is 147 Å². The lowest BCUT2D eigenvalue weighted by molar-refractivity contribution is -0.116. The molecule has 1 fully saturated rings. The Kier molecular flexibility index (Phi) is 6.34. The molecule has 0 atom stereocenters. The number of rotatable bonds is 5. The monoisotopic (exact) mass is 353 g/mol. The van der Waals surface area contributed by atoms with Crippen LogP contribution in [0.5, 0.6) is 0 Å². The molecule has 134 valence electrons. The number of nitrogens with zero attached hydrogens (tertiary/aromatic N) is 1. The first kappa shape index (κ1) is 18.9. The summed E-state index contributed by atoms with van der Waals surface area (Å²) in [5.74, 6) is 0.163. The Morgan fingerprint density at radius 2 is 2.00 bits per heavy atom. The normalized spacial score (nSPS) is 16.0. The average Bonchev–Trinajstić information content (AvgIpc) is 2.97. The molecule has 0 bridgehead atoms. The molecule has 7 heteroatoms. The predicted octanol–water partition coefficient (Wildman–Crippen LogP) is 2.95. The summed E-state index contributed by atoms with van der Waals surface area (Å²) in [5, 5.41) is 6.64. The van der Waals surface area contributed by atoms with Crippen molar-refractivity contribution in [3.63, 3.8) is 0 Å². The number of aromatic nitrogens is 1. The van der Waals surface area contributed by atoms with Crippen LogP contribution in [0, 0.1) is 5.92 Å². The molecule has 2 heterocycles. The van der Waals surface area contributed by atoms with E-state index < -0.39 is 5.97 Å². The van der Waals surface area contributed by atoms with Gasteiger partial charge in [0.15, 0.2) is 5.13 Å². The van der Waals surface area contributed by atoms with Crippen LogP contribution in [0.1, 0.15) is 61.8 Å². The van der Waals surface area contributed by atoms with E-state index in [1.807, 2.05) is 20.8 Å². The molecule has 0 saturated carbocycles. The number of ether oxygens (including phenoxy) is 1. The number of hydrogen-bond acceptors (Lipinski definition) is 6. The van der Waals surface area contributed by atoms with E-state index in [0.717, 1.165) is 32.4 Å². The summed E-state index contributed by atoms with van der Waals surface area (Å²) in [7, 11) is 1.35. The van der Waals surface area contributed by atoms with Crippen LogP contribution < -0.4 is 10.6 Å². The second kappa shape index (κ2) is 8.07. The first-order valence-corrected chi connectivity index (χ1v) is 9.23. The van der Waals surface area contributed by atoms with Gasteiger partial charge >= 0.3 is 5.97 Å². The highest BCUT2D eigenvalue weighted by Gasteiger charge is 2.28. The third-order valence-corrected chi connectivity index (χ3v) is 5.14. The lowest BCUT2D eigenvalue weighted by Crippen LogP contribution is -2.28. The SMILES string of the molecule is COC(=O)c1sc(NC(=O)CCC2CCNCC2)nc1C(C)(C)C. The number of methoxy groups -OCH3 is 1. The number of hydrogen-bond donors (Lipinski definition) is 2. The van der Waals surface area contributed by atoms with Crippen molar-refractivity contribution >= 4 is 28.3 Å². The van der Waals surface area contributed by atoms with E-state index in [0.29, 0.717) is 28.0 Å². The largest absolute Gasteiger partial charge is 0.465 e. The number of anilines is 1. The summed E-state index contributed by atoms with van der Waals surface area (Å²) in [6.45, 7) is 8.03. The summed E-state index contributed by atoms with van der Waals surface area (Å²) >= 11 is 1.18. The van der Waals surface area contributed by atoms with Crippen molar-refractivity contribution in [3.8, 4) is 0 Å². The third-order valence-electron chi connectivity index (χ3n) is 4.19. The first-order valence-electron chi connectivity index (χ1n) is 8.41. The van der Waals surface area contributed by atoms with Crippen LogP contribution >= 0.6 is 11.3 Å². The minimum Gasteiger partial charge on any atom is -0.465 e. The molecule has 0 aromatic carbocycles. The maximum Gasteiger partial charge on any atom is 0.350 e. The van der Waals surface area contributed by atoms with E-state index in [9.17, 15) is 9.59 Å². The molecule has 1 aliphatic heterocycles. The fraction of sp³-hybridized carbons (Fsp3) is 0.706. The maximum atomic E-state index is 12.2. The topological polar surface area (TPSA) is 80.3 Å². The van der Waals surface area contributed by atoms with Crippen LogP contribution in [-0.2, 0) is 14.9 Å². The van der Waals surface area contributed by atoms with Crippen LogP contribution in [0.25, 0.3) is 0 Å². The molecule has 0 unspecified atom stereocenters. The van der Waals surface area contributed by atoms with Gasteiger partial charge in [0.2, 0.25) is 5.91 Å². The fourth-order valence-electron chi connectivity index (χ4n) is 2.80. The van der Waals surface area contributed by atoms with Gasteiger partial charge in [0.05, 0.1) is 12.8 Å². The Morgan fingerprint density at radius 3 is 2.58 bits per heavy atom. The molecule has 2 rings (SSSR count). The molecule has 0 radical (unpaired) electrons. The summed E-state index contributed by atoms with van der Waals surface area (Å²) in [4.78, 5) is 29.0. The Bertz CT molecular complexity index is 586. The van der Waals surface area contributed by atoms with Crippen molar-refractivity contribution in [2.75, 3.05) is 25.5 Å². The molecule has 1 aromatic rings. The number of piperidine rings is 1. The van der Waals surface area contributed by atoms with Crippen molar-refractivity contribution < 1.29 is 14.3 Å². The standard InChI is InChI=1S/C17H27N3O3S/c1-17(2,3)14-13(15(22)23-4)24-16(20-14)19-12(21)6-5-11-7-9-18-10-8-11/h11,18H,5-10H2,1-4H3,(H,19,20,21). The van der Waals surface area contributed by atoms with Gasteiger partial charge < -0.3 is 15.4 Å². The highest BCUT2D eigenvalue weighted by molar-refractivity contribution is 7.17. The number of thiazole rings is 1. The fourth-order valence-corrected chi connectivity index (χ4v) is 3.91. The summed E-state index contributed by atoms with van der Waals surface area (Å²) in [6, 6.07) is 0. The highest BCUT2D eigenvalue weighted by atomic mass is 32.1. The van der Waals surface area contributed by atoms with Crippen molar-refractivity contribution in [3.05, 3.63) is 10.6 Å². The molecule has 6 nitrogen and oxygen atoms in total. The molecule has 1 saturated heterocycles. The number of esters is 1. The third kappa shape index (κ3) is 5.01. The molecule has 2 N–H and O–H groups in total. The predicted molar refractivity (Wildman–Crippen MR) is 95.6 cm³/mol. The highest BCUT2D eigenvalue weighted by Crippen LogP contribution is 2.32. The van der Waals surface area contributed by atoms with E-state index in [1.54, 1.807) is 0 Å². The van der Waals surface area contributed by atoms with Crippen molar-refractivity contribution in [2.45, 2.75) is 51.9 Å². The van der Waals surface area contributed by atoms with Crippen LogP contribution in [0.3, 0.4) is 0 Å². The van der Waals surface area contributed by atoms with Crippen molar-refractivity contribution in [1.29, 1.82) is 0 Å². The molecular weight excluding hydrogens is 326 g/mol. The second-order valence-corrected chi connectivity index (χ2v) is 8.22. The summed E-state index contributed by atoms with van der Waals surface area (Å²) in [5.41, 5.74) is 0.367. The smallest absolute Gasteiger partial charge is 0.350 e. The van der Waals surface area contributed by atoms with Crippen LogP contribution in [0.4, 0.5) is 5.13 Å². The Balaban J connectivity index is 1.99. The minimum atomic E-state index is -0.410. The lowest BCUT2D eigenvalue weighted by Gasteiger charge is -2.21. The number of carbonyl (C=O) groups is 2. The average molecular weight is 353 g/mol. The van der Waals surface area contributed by atoms with Crippen LogP contribution in [-0.4, -0.2) is 37.1 Å². The molecule has 0 aliphatic carbocycles. The van der Waals surface area contributed by atoms with Crippen molar-refractivity contribution in [1.82, 2.24) is 10.3 Å². The molecular formula is C17H27N3O3S. The van der Waals surface area contributed by atoms with Gasteiger partial charge in [-0.15, -0.1) is 0 Å². The number of amides is 1. The zero-order valence-electron chi connectivity index (χ0n) is 14.9. The van der Waals surface area contributed by atoms with Gasteiger partial charge in [-0.3, -0.25) is 4.79 Å². The van der Waals surface area contributed by atoms with E-state index in [2.05, 4.69) is 15.6 Å². The van der Waals surface area contributed by atoms with Gasteiger partial charge in [-0.25, -0.2) is 9.78 Å². The first-order chi connectivity index (χ1) is 11.3. The molecule has 1 amide bonds. The minimum absolute atomic E-state index is 0.0424. The van der Waals surface area contributed by atoms with Gasteiger partial charge in [-0.1, -0.05) is 32.1 Å². The number of nitrogens with one attached hydrogen (secondary N) is 2. The van der Waals surface area contributed by atoms with E-state index >= 15 is 0 Å². The second-order valence-electron chi connectivity index (χ2n) is 7.22. The number of carbonyl (C=O) groups excluding carboxylic acids is 2. The molecule has 24 heavy (non-hydrogen) atoms. The Morgan fingerprint density at radius 1 is 1.33 bits per heavy atom. The molecule has 1 aromatic heterocycles. The Hall–Kier alpha value is -1.47. The van der Waals surface area contributed by atoms with Gasteiger partial charge in [-0.2, -0.15) is 0 Å². The quantitative estimate of drug-likeness (QED) is 0.796. The lowest BCUT2D eigenvalue weighted by atomic mass is 9.91. The van der Waals surface area contributed by atoms with Crippen LogP contribution in [0.15, 0.2) is 0 Å². The van der Waals surface area contributed by atoms with Crippen LogP contribution in [0.2, 0.25) is 0 Å². The van der Waals surface area contributed by atoms with Gasteiger partial charge in [-0.05, 0) is 38.3 Å². The summed E-state index contributed by atoms with van der Waals surface area (Å²) in [6.07, 6.45) is 3.65.